The minimum Gasteiger partial charge on any atom is -0.351 e. The van der Waals surface area contributed by atoms with Gasteiger partial charge in [0.2, 0.25) is 5.91 Å². The molecule has 0 radical (unpaired) electrons. The summed E-state index contributed by atoms with van der Waals surface area (Å²) < 4.78 is 1.88. The molecule has 0 aliphatic heterocycles. The number of benzene rings is 1. The predicted molar refractivity (Wildman–Crippen MR) is 84.1 cm³/mol. The normalized spacial score (nSPS) is 12.2. The lowest BCUT2D eigenvalue weighted by Gasteiger charge is -2.11. The van der Waals surface area contributed by atoms with Crippen molar-refractivity contribution in [1.29, 1.82) is 0 Å². The van der Waals surface area contributed by atoms with Crippen LogP contribution in [0.25, 0.3) is 0 Å². The molecule has 0 aliphatic carbocycles. The van der Waals surface area contributed by atoms with Crippen LogP contribution < -0.4 is 5.32 Å². The fourth-order valence-electron chi connectivity index (χ4n) is 1.74. The Morgan fingerprint density at radius 2 is 1.95 bits per heavy atom. The summed E-state index contributed by atoms with van der Waals surface area (Å²) in [4.78, 5) is 12.1. The number of carbonyl (C=O) groups excluding carboxylic acids is 1. The molecule has 21 heavy (non-hydrogen) atoms. The van der Waals surface area contributed by atoms with E-state index in [2.05, 4.69) is 15.5 Å². The highest BCUT2D eigenvalue weighted by atomic mass is 32.2. The summed E-state index contributed by atoms with van der Waals surface area (Å²) in [6, 6.07) is 8.14. The van der Waals surface area contributed by atoms with E-state index in [0.717, 1.165) is 16.5 Å². The molecule has 2 rings (SSSR count). The molecule has 112 valence electrons. The standard InChI is InChI=1S/C15H20N4OS/c1-10-5-7-13(8-6-10)9-16-14(20)11(2)21-15-18-17-12(3)19(15)4/h5-8,11H,9H2,1-4H3,(H,16,20)/t11-/m0/s1. The van der Waals surface area contributed by atoms with E-state index in [0.29, 0.717) is 6.54 Å². The smallest absolute Gasteiger partial charge is 0.233 e. The van der Waals surface area contributed by atoms with Gasteiger partial charge in [0, 0.05) is 13.6 Å². The van der Waals surface area contributed by atoms with E-state index in [9.17, 15) is 4.79 Å². The Morgan fingerprint density at radius 1 is 1.29 bits per heavy atom. The van der Waals surface area contributed by atoms with Gasteiger partial charge in [-0.05, 0) is 26.3 Å². The first-order valence-electron chi connectivity index (χ1n) is 6.83. The fraction of sp³-hybridized carbons (Fsp3) is 0.400. The van der Waals surface area contributed by atoms with Gasteiger partial charge in [0.1, 0.15) is 5.82 Å². The average Bonchev–Trinajstić information content (AvgIpc) is 2.78. The molecule has 0 bridgehead atoms. The van der Waals surface area contributed by atoms with Crippen molar-refractivity contribution in [2.75, 3.05) is 0 Å². The second-order valence-corrected chi connectivity index (χ2v) is 6.36. The summed E-state index contributed by atoms with van der Waals surface area (Å²) in [5.41, 5.74) is 2.31. The molecule has 0 saturated carbocycles. The number of nitrogens with zero attached hydrogens (tertiary/aromatic N) is 3. The SMILES string of the molecule is Cc1ccc(CNC(=O)[C@H](C)Sc2nnc(C)n2C)cc1. The molecule has 6 heteroatoms. The van der Waals surface area contributed by atoms with Crippen molar-refractivity contribution in [3.8, 4) is 0 Å². The second kappa shape index (κ2) is 6.76. The van der Waals surface area contributed by atoms with Gasteiger partial charge >= 0.3 is 0 Å². The summed E-state index contributed by atoms with van der Waals surface area (Å²) in [7, 11) is 1.90. The molecule has 0 saturated heterocycles. The van der Waals surface area contributed by atoms with Gasteiger partial charge in [0.05, 0.1) is 5.25 Å². The highest BCUT2D eigenvalue weighted by Gasteiger charge is 2.17. The Kier molecular flexibility index (Phi) is 5.01. The molecule has 1 atom stereocenters. The van der Waals surface area contributed by atoms with Crippen LogP contribution in [0.2, 0.25) is 0 Å². The number of nitrogens with one attached hydrogen (secondary N) is 1. The summed E-state index contributed by atoms with van der Waals surface area (Å²) >= 11 is 1.41. The first-order chi connectivity index (χ1) is 9.97. The van der Waals surface area contributed by atoms with E-state index in [1.54, 1.807) is 0 Å². The van der Waals surface area contributed by atoms with E-state index in [1.807, 2.05) is 56.7 Å². The summed E-state index contributed by atoms with van der Waals surface area (Å²) in [6.45, 7) is 6.35. The number of amides is 1. The summed E-state index contributed by atoms with van der Waals surface area (Å²) in [5, 5.41) is 11.5. The van der Waals surface area contributed by atoms with Crippen LogP contribution in [-0.4, -0.2) is 25.9 Å². The van der Waals surface area contributed by atoms with E-state index in [4.69, 9.17) is 0 Å². The molecule has 1 aromatic carbocycles. The van der Waals surface area contributed by atoms with Gasteiger partial charge in [0.15, 0.2) is 5.16 Å². The number of rotatable bonds is 5. The number of thioether (sulfide) groups is 1. The zero-order valence-corrected chi connectivity index (χ0v) is 13.6. The molecule has 0 fully saturated rings. The first-order valence-corrected chi connectivity index (χ1v) is 7.71. The van der Waals surface area contributed by atoms with Crippen LogP contribution in [0, 0.1) is 13.8 Å². The number of aromatic nitrogens is 3. The summed E-state index contributed by atoms with van der Waals surface area (Å²) in [6.07, 6.45) is 0. The van der Waals surface area contributed by atoms with E-state index in [-0.39, 0.29) is 11.2 Å². The molecule has 0 aliphatic rings. The monoisotopic (exact) mass is 304 g/mol. The van der Waals surface area contributed by atoms with Crippen LogP contribution >= 0.6 is 11.8 Å². The Labute approximate surface area is 129 Å². The fourth-order valence-corrected chi connectivity index (χ4v) is 2.63. The minimum absolute atomic E-state index is 0.00114. The Bertz CT molecular complexity index is 621. The molecule has 1 N–H and O–H groups in total. The first kappa shape index (κ1) is 15.6. The average molecular weight is 304 g/mol. The third-order valence-corrected chi connectivity index (χ3v) is 4.43. The van der Waals surface area contributed by atoms with E-state index >= 15 is 0 Å². The number of aryl methyl sites for hydroxylation is 2. The molecule has 2 aromatic rings. The zero-order valence-electron chi connectivity index (χ0n) is 12.8. The van der Waals surface area contributed by atoms with Crippen molar-refractivity contribution in [1.82, 2.24) is 20.1 Å². The van der Waals surface area contributed by atoms with Crippen molar-refractivity contribution in [3.05, 3.63) is 41.2 Å². The van der Waals surface area contributed by atoms with E-state index < -0.39 is 0 Å². The third-order valence-electron chi connectivity index (χ3n) is 3.29. The van der Waals surface area contributed by atoms with Crippen molar-refractivity contribution >= 4 is 17.7 Å². The highest BCUT2D eigenvalue weighted by Crippen LogP contribution is 2.21. The van der Waals surface area contributed by atoms with Crippen LogP contribution in [0.5, 0.6) is 0 Å². The lowest BCUT2D eigenvalue weighted by atomic mass is 10.1. The van der Waals surface area contributed by atoms with Gasteiger partial charge in [0.25, 0.3) is 0 Å². The lowest BCUT2D eigenvalue weighted by Crippen LogP contribution is -2.30. The molecule has 1 heterocycles. The maximum atomic E-state index is 12.1. The third kappa shape index (κ3) is 4.07. The van der Waals surface area contributed by atoms with Crippen molar-refractivity contribution in [2.24, 2.45) is 7.05 Å². The van der Waals surface area contributed by atoms with Crippen LogP contribution in [0.4, 0.5) is 0 Å². The zero-order chi connectivity index (χ0) is 15.4. The van der Waals surface area contributed by atoms with Crippen molar-refractivity contribution in [2.45, 2.75) is 37.7 Å². The molecule has 1 aromatic heterocycles. The number of hydrogen-bond acceptors (Lipinski definition) is 4. The number of hydrogen-bond donors (Lipinski definition) is 1. The van der Waals surface area contributed by atoms with Crippen LogP contribution in [0.3, 0.4) is 0 Å². The van der Waals surface area contributed by atoms with Gasteiger partial charge in [-0.1, -0.05) is 41.6 Å². The maximum Gasteiger partial charge on any atom is 0.233 e. The topological polar surface area (TPSA) is 59.8 Å². The predicted octanol–water partition coefficient (Wildman–Crippen LogP) is 2.23. The van der Waals surface area contributed by atoms with Gasteiger partial charge in [-0.2, -0.15) is 0 Å². The molecule has 1 amide bonds. The van der Waals surface area contributed by atoms with Crippen molar-refractivity contribution in [3.63, 3.8) is 0 Å². The largest absolute Gasteiger partial charge is 0.351 e. The highest BCUT2D eigenvalue weighted by molar-refractivity contribution is 8.00. The van der Waals surface area contributed by atoms with Gasteiger partial charge in [-0.25, -0.2) is 0 Å². The quantitative estimate of drug-likeness (QED) is 0.861. The second-order valence-electron chi connectivity index (χ2n) is 5.05. The molecule has 0 spiro atoms. The molecule has 5 nitrogen and oxygen atoms in total. The maximum absolute atomic E-state index is 12.1. The van der Waals surface area contributed by atoms with Gasteiger partial charge in [-0.15, -0.1) is 10.2 Å². The number of carbonyl (C=O) groups is 1. The van der Waals surface area contributed by atoms with Gasteiger partial charge in [-0.3, -0.25) is 4.79 Å². The lowest BCUT2D eigenvalue weighted by molar-refractivity contribution is -0.120. The molecule has 0 unspecified atom stereocenters. The van der Waals surface area contributed by atoms with Gasteiger partial charge < -0.3 is 9.88 Å². The Morgan fingerprint density at radius 3 is 2.52 bits per heavy atom. The van der Waals surface area contributed by atoms with Crippen LogP contribution in [0.15, 0.2) is 29.4 Å². The van der Waals surface area contributed by atoms with Crippen LogP contribution in [-0.2, 0) is 18.4 Å². The van der Waals surface area contributed by atoms with E-state index in [1.165, 1.54) is 17.3 Å². The van der Waals surface area contributed by atoms with Crippen LogP contribution in [0.1, 0.15) is 23.9 Å². The molecular weight excluding hydrogens is 284 g/mol. The summed E-state index contributed by atoms with van der Waals surface area (Å²) in [5.74, 6) is 0.839. The Balaban J connectivity index is 1.88. The minimum atomic E-state index is -0.210. The molecular formula is C15H20N4OS. The van der Waals surface area contributed by atoms with Crippen molar-refractivity contribution < 1.29 is 4.79 Å². The Hall–Kier alpha value is -1.82.